The summed E-state index contributed by atoms with van der Waals surface area (Å²) in [5.74, 6) is -1.06. The highest BCUT2D eigenvalue weighted by Crippen LogP contribution is 2.03. The third-order valence-corrected chi connectivity index (χ3v) is 2.55. The van der Waals surface area contributed by atoms with Gasteiger partial charge in [0, 0.05) is 13.0 Å². The predicted molar refractivity (Wildman–Crippen MR) is 71.8 cm³/mol. The van der Waals surface area contributed by atoms with Crippen LogP contribution in [0.4, 0.5) is 4.79 Å². The lowest BCUT2D eigenvalue weighted by molar-refractivity contribution is -0.139. The van der Waals surface area contributed by atoms with Crippen molar-refractivity contribution < 1.29 is 14.7 Å². The summed E-state index contributed by atoms with van der Waals surface area (Å²) < 4.78 is 0. The van der Waals surface area contributed by atoms with Gasteiger partial charge < -0.3 is 21.5 Å². The van der Waals surface area contributed by atoms with Crippen LogP contribution < -0.4 is 16.4 Å². The van der Waals surface area contributed by atoms with Crippen LogP contribution in [0, 0.1) is 0 Å². The van der Waals surface area contributed by atoms with E-state index in [4.69, 9.17) is 10.8 Å². The van der Waals surface area contributed by atoms with Crippen LogP contribution in [-0.2, 0) is 11.2 Å². The third kappa shape index (κ3) is 5.87. The van der Waals surface area contributed by atoms with Crippen molar-refractivity contribution in [2.75, 3.05) is 13.1 Å². The molecular formula is C13H19N3O3. The zero-order chi connectivity index (χ0) is 14.1. The topological polar surface area (TPSA) is 104 Å². The SMILES string of the molecule is NCCCNC(=O)NC(Cc1ccccc1)C(=O)O. The number of carboxylic acid groups (broad SMARTS) is 1. The van der Waals surface area contributed by atoms with Crippen LogP contribution in [0.15, 0.2) is 30.3 Å². The van der Waals surface area contributed by atoms with Crippen LogP contribution in [-0.4, -0.2) is 36.2 Å². The summed E-state index contributed by atoms with van der Waals surface area (Å²) >= 11 is 0. The molecule has 0 saturated heterocycles. The van der Waals surface area contributed by atoms with E-state index in [0.29, 0.717) is 19.5 Å². The molecule has 1 unspecified atom stereocenters. The fraction of sp³-hybridized carbons (Fsp3) is 0.385. The van der Waals surface area contributed by atoms with Crippen molar-refractivity contribution in [2.45, 2.75) is 18.9 Å². The Balaban J connectivity index is 2.49. The Labute approximate surface area is 112 Å². The number of nitrogens with one attached hydrogen (secondary N) is 2. The van der Waals surface area contributed by atoms with Crippen molar-refractivity contribution in [3.8, 4) is 0 Å². The van der Waals surface area contributed by atoms with Crippen LogP contribution >= 0.6 is 0 Å². The van der Waals surface area contributed by atoms with E-state index in [-0.39, 0.29) is 6.42 Å². The number of carboxylic acids is 1. The minimum atomic E-state index is -1.06. The molecule has 0 heterocycles. The first-order valence-corrected chi connectivity index (χ1v) is 6.14. The first-order chi connectivity index (χ1) is 9.13. The molecule has 0 spiro atoms. The predicted octanol–water partition coefficient (Wildman–Crippen LogP) is 0.330. The number of rotatable bonds is 7. The molecule has 0 aliphatic rings. The Hall–Kier alpha value is -2.08. The number of carbonyl (C=O) groups excluding carboxylic acids is 1. The van der Waals surface area contributed by atoms with Crippen molar-refractivity contribution in [2.24, 2.45) is 5.73 Å². The molecule has 104 valence electrons. The molecule has 0 saturated carbocycles. The maximum Gasteiger partial charge on any atom is 0.326 e. The normalized spacial score (nSPS) is 11.6. The van der Waals surface area contributed by atoms with Gasteiger partial charge in [0.25, 0.3) is 0 Å². The number of hydrogen-bond acceptors (Lipinski definition) is 3. The van der Waals surface area contributed by atoms with Crippen molar-refractivity contribution in [1.82, 2.24) is 10.6 Å². The van der Waals surface area contributed by atoms with E-state index in [9.17, 15) is 9.59 Å². The molecule has 0 fully saturated rings. The van der Waals surface area contributed by atoms with E-state index in [1.54, 1.807) is 0 Å². The lowest BCUT2D eigenvalue weighted by Gasteiger charge is -2.15. The fourth-order valence-electron chi connectivity index (χ4n) is 1.56. The summed E-state index contributed by atoms with van der Waals surface area (Å²) in [6.45, 7) is 0.909. The van der Waals surface area contributed by atoms with Crippen molar-refractivity contribution >= 4 is 12.0 Å². The zero-order valence-electron chi connectivity index (χ0n) is 10.6. The second-order valence-corrected chi connectivity index (χ2v) is 4.12. The van der Waals surface area contributed by atoms with Gasteiger partial charge in [-0.15, -0.1) is 0 Å². The molecule has 2 amide bonds. The molecule has 0 bridgehead atoms. The van der Waals surface area contributed by atoms with Crippen LogP contribution in [0.25, 0.3) is 0 Å². The van der Waals surface area contributed by atoms with Crippen molar-refractivity contribution in [1.29, 1.82) is 0 Å². The summed E-state index contributed by atoms with van der Waals surface area (Å²) in [7, 11) is 0. The number of carbonyl (C=O) groups is 2. The molecule has 19 heavy (non-hydrogen) atoms. The van der Waals surface area contributed by atoms with Gasteiger partial charge >= 0.3 is 12.0 Å². The average molecular weight is 265 g/mol. The van der Waals surface area contributed by atoms with E-state index >= 15 is 0 Å². The van der Waals surface area contributed by atoms with Crippen LogP contribution in [0.3, 0.4) is 0 Å². The number of benzene rings is 1. The van der Waals surface area contributed by atoms with Gasteiger partial charge in [0.15, 0.2) is 0 Å². The highest BCUT2D eigenvalue weighted by Gasteiger charge is 2.19. The minimum absolute atomic E-state index is 0.250. The van der Waals surface area contributed by atoms with E-state index in [0.717, 1.165) is 5.56 Å². The molecule has 0 aliphatic heterocycles. The zero-order valence-corrected chi connectivity index (χ0v) is 10.6. The first kappa shape index (κ1) is 15.0. The third-order valence-electron chi connectivity index (χ3n) is 2.55. The smallest absolute Gasteiger partial charge is 0.326 e. The fourth-order valence-corrected chi connectivity index (χ4v) is 1.56. The molecule has 1 aromatic rings. The van der Waals surface area contributed by atoms with Gasteiger partial charge in [0.2, 0.25) is 0 Å². The van der Waals surface area contributed by atoms with Crippen LogP contribution in [0.2, 0.25) is 0 Å². The van der Waals surface area contributed by atoms with Gasteiger partial charge in [-0.25, -0.2) is 9.59 Å². The Morgan fingerprint density at radius 1 is 1.26 bits per heavy atom. The molecule has 1 rings (SSSR count). The molecule has 5 N–H and O–H groups in total. The van der Waals surface area contributed by atoms with E-state index in [1.807, 2.05) is 30.3 Å². The Morgan fingerprint density at radius 3 is 2.53 bits per heavy atom. The van der Waals surface area contributed by atoms with Gasteiger partial charge in [0.05, 0.1) is 0 Å². The maximum absolute atomic E-state index is 11.5. The van der Waals surface area contributed by atoms with Crippen LogP contribution in [0.1, 0.15) is 12.0 Å². The number of urea groups is 1. The standard InChI is InChI=1S/C13H19N3O3/c14-7-4-8-15-13(19)16-11(12(17)18)9-10-5-2-1-3-6-10/h1-3,5-6,11H,4,7-9,14H2,(H,17,18)(H2,15,16,19). The summed E-state index contributed by atoms with van der Waals surface area (Å²) in [6.07, 6.45) is 0.907. The van der Waals surface area contributed by atoms with E-state index in [1.165, 1.54) is 0 Å². The molecule has 1 atom stereocenters. The van der Waals surface area contributed by atoms with E-state index in [2.05, 4.69) is 10.6 Å². The molecule has 0 aliphatic carbocycles. The summed E-state index contributed by atoms with van der Waals surface area (Å²) in [5.41, 5.74) is 6.16. The summed E-state index contributed by atoms with van der Waals surface area (Å²) in [5, 5.41) is 14.1. The van der Waals surface area contributed by atoms with Gasteiger partial charge in [-0.2, -0.15) is 0 Å². The molecule has 1 aromatic carbocycles. The second kappa shape index (κ2) is 8.10. The van der Waals surface area contributed by atoms with Gasteiger partial charge in [-0.1, -0.05) is 30.3 Å². The van der Waals surface area contributed by atoms with Crippen LogP contribution in [0.5, 0.6) is 0 Å². The highest BCUT2D eigenvalue weighted by molar-refractivity contribution is 5.82. The minimum Gasteiger partial charge on any atom is -0.480 e. The number of aliphatic carboxylic acids is 1. The number of amides is 2. The monoisotopic (exact) mass is 265 g/mol. The summed E-state index contributed by atoms with van der Waals surface area (Å²) in [6, 6.07) is 7.72. The average Bonchev–Trinajstić information content (AvgIpc) is 2.39. The van der Waals surface area contributed by atoms with Crippen molar-refractivity contribution in [3.05, 3.63) is 35.9 Å². The van der Waals surface area contributed by atoms with Gasteiger partial charge in [-0.3, -0.25) is 0 Å². The Bertz CT molecular complexity index is 409. The lowest BCUT2D eigenvalue weighted by atomic mass is 10.1. The first-order valence-electron chi connectivity index (χ1n) is 6.14. The summed E-state index contributed by atoms with van der Waals surface area (Å²) in [4.78, 5) is 22.6. The molecular weight excluding hydrogens is 246 g/mol. The van der Waals surface area contributed by atoms with Crippen molar-refractivity contribution in [3.63, 3.8) is 0 Å². The number of nitrogens with two attached hydrogens (primary N) is 1. The second-order valence-electron chi connectivity index (χ2n) is 4.12. The largest absolute Gasteiger partial charge is 0.480 e. The molecule has 0 aromatic heterocycles. The lowest BCUT2D eigenvalue weighted by Crippen LogP contribution is -2.47. The number of hydrogen-bond donors (Lipinski definition) is 4. The van der Waals surface area contributed by atoms with Gasteiger partial charge in [-0.05, 0) is 18.5 Å². The molecule has 6 nitrogen and oxygen atoms in total. The maximum atomic E-state index is 11.5. The van der Waals surface area contributed by atoms with Gasteiger partial charge in [0.1, 0.15) is 6.04 Å². The molecule has 6 heteroatoms. The quantitative estimate of drug-likeness (QED) is 0.533. The highest BCUT2D eigenvalue weighted by atomic mass is 16.4. The Morgan fingerprint density at radius 2 is 1.95 bits per heavy atom. The molecule has 0 radical (unpaired) electrons. The Kier molecular flexibility index (Phi) is 6.38. The van der Waals surface area contributed by atoms with E-state index < -0.39 is 18.0 Å².